The average Bonchev–Trinajstić information content (AvgIpc) is 3.12. The Balaban J connectivity index is 1.55. The Labute approximate surface area is 154 Å². The van der Waals surface area contributed by atoms with Gasteiger partial charge in [-0.1, -0.05) is 11.6 Å². The van der Waals surface area contributed by atoms with Crippen molar-refractivity contribution in [3.63, 3.8) is 0 Å². The molecule has 1 unspecified atom stereocenters. The number of carbonyl (C=O) groups is 1. The monoisotopic (exact) mass is 374 g/mol. The fourth-order valence-electron chi connectivity index (χ4n) is 2.26. The third-order valence-corrected chi connectivity index (χ3v) is 3.84. The highest BCUT2D eigenvalue weighted by atomic mass is 35.5. The van der Waals surface area contributed by atoms with Crippen LogP contribution in [-0.2, 0) is 4.79 Å². The number of halogens is 2. The highest BCUT2D eigenvalue weighted by Crippen LogP contribution is 2.23. The minimum absolute atomic E-state index is 0.141. The van der Waals surface area contributed by atoms with Crippen molar-refractivity contribution in [3.8, 4) is 17.1 Å². The molecule has 0 spiro atoms. The number of ether oxygens (including phenoxy) is 1. The van der Waals surface area contributed by atoms with Crippen LogP contribution in [0.25, 0.3) is 11.3 Å². The minimum Gasteiger partial charge on any atom is -0.484 e. The zero-order valence-corrected chi connectivity index (χ0v) is 14.7. The smallest absolute Gasteiger partial charge is 0.258 e. The molecular formula is C19H16ClFN2O3. The van der Waals surface area contributed by atoms with Crippen LogP contribution in [0.5, 0.6) is 5.75 Å². The molecule has 0 aliphatic rings. The molecule has 0 fully saturated rings. The predicted octanol–water partition coefficient (Wildman–Crippen LogP) is 4.39. The van der Waals surface area contributed by atoms with Crippen molar-refractivity contribution in [3.05, 3.63) is 71.5 Å². The lowest BCUT2D eigenvalue weighted by Gasteiger charge is -2.11. The largest absolute Gasteiger partial charge is 0.484 e. The van der Waals surface area contributed by atoms with Crippen LogP contribution in [0, 0.1) is 5.82 Å². The van der Waals surface area contributed by atoms with Gasteiger partial charge in [0.2, 0.25) is 5.89 Å². The Hall–Kier alpha value is -2.86. The summed E-state index contributed by atoms with van der Waals surface area (Å²) in [6.45, 7) is 1.61. The predicted molar refractivity (Wildman–Crippen MR) is 95.4 cm³/mol. The van der Waals surface area contributed by atoms with Gasteiger partial charge in [0.05, 0.1) is 6.20 Å². The third kappa shape index (κ3) is 4.61. The summed E-state index contributed by atoms with van der Waals surface area (Å²) in [5.74, 6) is 0.762. The van der Waals surface area contributed by atoms with Crippen molar-refractivity contribution in [2.45, 2.75) is 13.0 Å². The van der Waals surface area contributed by atoms with Gasteiger partial charge in [-0.25, -0.2) is 9.37 Å². The van der Waals surface area contributed by atoms with Gasteiger partial charge < -0.3 is 14.5 Å². The molecule has 0 saturated carbocycles. The van der Waals surface area contributed by atoms with Crippen LogP contribution < -0.4 is 10.1 Å². The quantitative estimate of drug-likeness (QED) is 0.695. The van der Waals surface area contributed by atoms with Gasteiger partial charge >= 0.3 is 0 Å². The van der Waals surface area contributed by atoms with E-state index in [0.29, 0.717) is 28.0 Å². The summed E-state index contributed by atoms with van der Waals surface area (Å²) >= 11 is 5.79. The van der Waals surface area contributed by atoms with Crippen molar-refractivity contribution in [1.29, 1.82) is 0 Å². The number of aromatic nitrogens is 1. The van der Waals surface area contributed by atoms with Gasteiger partial charge in [-0.05, 0) is 55.5 Å². The van der Waals surface area contributed by atoms with Gasteiger partial charge in [-0.2, -0.15) is 0 Å². The number of nitrogens with zero attached hydrogens (tertiary/aromatic N) is 1. The minimum atomic E-state index is -0.439. The molecule has 0 bridgehead atoms. The van der Waals surface area contributed by atoms with Crippen molar-refractivity contribution in [2.24, 2.45) is 0 Å². The van der Waals surface area contributed by atoms with E-state index in [9.17, 15) is 9.18 Å². The maximum atomic E-state index is 13.0. The second-order valence-electron chi connectivity index (χ2n) is 5.60. The molecule has 134 valence electrons. The van der Waals surface area contributed by atoms with E-state index in [1.54, 1.807) is 43.3 Å². The average molecular weight is 375 g/mol. The summed E-state index contributed by atoms with van der Waals surface area (Å²) in [6.07, 6.45) is 1.54. The Kier molecular flexibility index (Phi) is 5.53. The molecule has 0 aliphatic heterocycles. The molecular weight excluding hydrogens is 359 g/mol. The van der Waals surface area contributed by atoms with Crippen molar-refractivity contribution in [2.75, 3.05) is 6.61 Å². The number of benzene rings is 2. The van der Waals surface area contributed by atoms with E-state index in [2.05, 4.69) is 10.3 Å². The molecule has 7 heteroatoms. The van der Waals surface area contributed by atoms with Crippen molar-refractivity contribution >= 4 is 17.5 Å². The van der Waals surface area contributed by atoms with E-state index in [1.807, 2.05) is 0 Å². The zero-order valence-electron chi connectivity index (χ0n) is 13.9. The molecule has 1 atom stereocenters. The van der Waals surface area contributed by atoms with Gasteiger partial charge in [0.25, 0.3) is 5.91 Å². The standard InChI is InChI=1S/C19H16ClFN2O3/c1-12(23-18(24)11-25-16-8-4-14(20)5-9-16)19-22-10-17(26-19)13-2-6-15(21)7-3-13/h2-10,12H,11H2,1H3,(H,23,24). The normalized spacial score (nSPS) is 11.8. The van der Waals surface area contributed by atoms with Crippen LogP contribution in [0.15, 0.2) is 59.1 Å². The van der Waals surface area contributed by atoms with Crippen LogP contribution in [0.1, 0.15) is 18.9 Å². The molecule has 1 aromatic heterocycles. The van der Waals surface area contributed by atoms with Gasteiger partial charge in [0.15, 0.2) is 12.4 Å². The summed E-state index contributed by atoms with van der Waals surface area (Å²) in [7, 11) is 0. The second kappa shape index (κ2) is 8.01. The molecule has 26 heavy (non-hydrogen) atoms. The molecule has 3 rings (SSSR count). The number of oxazole rings is 1. The number of nitrogens with one attached hydrogen (secondary N) is 1. The second-order valence-corrected chi connectivity index (χ2v) is 6.04. The maximum Gasteiger partial charge on any atom is 0.258 e. The number of hydrogen-bond acceptors (Lipinski definition) is 4. The first-order valence-corrected chi connectivity index (χ1v) is 8.28. The van der Waals surface area contributed by atoms with Crippen LogP contribution in [0.4, 0.5) is 4.39 Å². The van der Waals surface area contributed by atoms with E-state index in [-0.39, 0.29) is 18.3 Å². The van der Waals surface area contributed by atoms with E-state index >= 15 is 0 Å². The molecule has 1 amide bonds. The Morgan fingerprint density at radius 3 is 2.62 bits per heavy atom. The summed E-state index contributed by atoms with van der Waals surface area (Å²) in [5.41, 5.74) is 0.703. The molecule has 2 aromatic carbocycles. The Morgan fingerprint density at radius 1 is 1.23 bits per heavy atom. The Morgan fingerprint density at radius 2 is 1.92 bits per heavy atom. The number of amides is 1. The number of hydrogen-bond donors (Lipinski definition) is 1. The van der Waals surface area contributed by atoms with Gasteiger partial charge in [0, 0.05) is 10.6 Å². The molecule has 1 heterocycles. The highest BCUT2D eigenvalue weighted by Gasteiger charge is 2.16. The highest BCUT2D eigenvalue weighted by molar-refractivity contribution is 6.30. The van der Waals surface area contributed by atoms with Gasteiger partial charge in [-0.3, -0.25) is 4.79 Å². The first-order chi connectivity index (χ1) is 12.5. The van der Waals surface area contributed by atoms with E-state index in [4.69, 9.17) is 20.8 Å². The number of carbonyl (C=O) groups excluding carboxylic acids is 1. The molecule has 5 nitrogen and oxygen atoms in total. The lowest BCUT2D eigenvalue weighted by Crippen LogP contribution is -2.31. The molecule has 3 aromatic rings. The summed E-state index contributed by atoms with van der Waals surface area (Å²) in [6, 6.07) is 12.2. The molecule has 0 saturated heterocycles. The first kappa shape index (κ1) is 17.9. The Bertz CT molecular complexity index is 879. The lowest BCUT2D eigenvalue weighted by atomic mass is 10.2. The zero-order chi connectivity index (χ0) is 18.5. The van der Waals surface area contributed by atoms with Crippen molar-refractivity contribution < 1.29 is 18.3 Å². The van der Waals surface area contributed by atoms with Crippen LogP contribution >= 0.6 is 11.6 Å². The fraction of sp³-hybridized carbons (Fsp3) is 0.158. The summed E-state index contributed by atoms with van der Waals surface area (Å²) < 4.78 is 24.0. The number of rotatable bonds is 6. The van der Waals surface area contributed by atoms with Gasteiger partial charge in [-0.15, -0.1) is 0 Å². The summed E-state index contributed by atoms with van der Waals surface area (Å²) in [5, 5.41) is 3.34. The molecule has 0 aliphatic carbocycles. The molecule has 1 N–H and O–H groups in total. The summed E-state index contributed by atoms with van der Waals surface area (Å²) in [4.78, 5) is 16.2. The van der Waals surface area contributed by atoms with Crippen LogP contribution in [-0.4, -0.2) is 17.5 Å². The van der Waals surface area contributed by atoms with E-state index in [1.165, 1.54) is 18.3 Å². The van der Waals surface area contributed by atoms with E-state index in [0.717, 1.165) is 0 Å². The van der Waals surface area contributed by atoms with Crippen molar-refractivity contribution in [1.82, 2.24) is 10.3 Å². The van der Waals surface area contributed by atoms with Gasteiger partial charge in [0.1, 0.15) is 17.6 Å². The fourth-order valence-corrected chi connectivity index (χ4v) is 2.39. The SMILES string of the molecule is CC(NC(=O)COc1ccc(Cl)cc1)c1ncc(-c2ccc(F)cc2)o1. The maximum absolute atomic E-state index is 13.0. The third-order valence-electron chi connectivity index (χ3n) is 3.58. The first-order valence-electron chi connectivity index (χ1n) is 7.90. The van der Waals surface area contributed by atoms with E-state index < -0.39 is 6.04 Å². The van der Waals surface area contributed by atoms with Crippen LogP contribution in [0.2, 0.25) is 5.02 Å². The lowest BCUT2D eigenvalue weighted by molar-refractivity contribution is -0.123. The topological polar surface area (TPSA) is 64.4 Å². The van der Waals surface area contributed by atoms with Crippen LogP contribution in [0.3, 0.4) is 0 Å². The molecule has 0 radical (unpaired) electrons.